The summed E-state index contributed by atoms with van der Waals surface area (Å²) >= 11 is 0. The third kappa shape index (κ3) is 12.0. The van der Waals surface area contributed by atoms with E-state index in [4.69, 9.17) is 18.9 Å². The summed E-state index contributed by atoms with van der Waals surface area (Å²) in [5.74, 6) is 4.53. The summed E-state index contributed by atoms with van der Waals surface area (Å²) in [4.78, 5) is 24.8. The second-order valence-corrected chi connectivity index (χ2v) is 7.21. The topological polar surface area (TPSA) is 71.1 Å². The fraction of sp³-hybridized carbons (Fsp3) is 0.818. The molecule has 0 spiro atoms. The molecule has 0 aromatic rings. The summed E-state index contributed by atoms with van der Waals surface area (Å²) in [6, 6.07) is 0. The summed E-state index contributed by atoms with van der Waals surface area (Å²) in [7, 11) is 3.06. The summed E-state index contributed by atoms with van der Waals surface area (Å²) in [5.41, 5.74) is 0. The number of unbranched alkanes of at least 4 members (excludes halogenated alkanes) is 2. The van der Waals surface area contributed by atoms with E-state index in [2.05, 4.69) is 11.8 Å². The first-order valence-corrected chi connectivity index (χ1v) is 10.3. The second kappa shape index (κ2) is 16.4. The van der Waals surface area contributed by atoms with Crippen LogP contribution in [0, 0.1) is 29.6 Å². The number of hydrogen-bond acceptors (Lipinski definition) is 6. The number of esters is 2. The first kappa shape index (κ1) is 26.4. The number of rotatable bonds is 14. The molecular formula is C22H38O6. The van der Waals surface area contributed by atoms with E-state index >= 15 is 0 Å². The van der Waals surface area contributed by atoms with Crippen LogP contribution in [0.5, 0.6) is 0 Å². The Morgan fingerprint density at radius 3 is 1.79 bits per heavy atom. The monoisotopic (exact) mass is 398 g/mol. The molecule has 2 unspecified atom stereocenters. The molecule has 0 N–H and O–H groups in total. The van der Waals surface area contributed by atoms with E-state index < -0.39 is 24.1 Å². The lowest BCUT2D eigenvalue weighted by atomic mass is 10.0. The quantitative estimate of drug-likeness (QED) is 0.145. The van der Waals surface area contributed by atoms with Crippen molar-refractivity contribution >= 4 is 11.9 Å². The summed E-state index contributed by atoms with van der Waals surface area (Å²) < 4.78 is 20.7. The highest BCUT2D eigenvalue weighted by atomic mass is 16.7. The smallest absolute Gasteiger partial charge is 0.320 e. The molecule has 0 rings (SSSR count). The van der Waals surface area contributed by atoms with Crippen LogP contribution in [-0.4, -0.2) is 45.7 Å². The minimum Gasteiger partial charge on any atom is -0.465 e. The van der Waals surface area contributed by atoms with Crippen LogP contribution >= 0.6 is 0 Å². The maximum atomic E-state index is 12.4. The van der Waals surface area contributed by atoms with Crippen LogP contribution in [0.2, 0.25) is 0 Å². The highest BCUT2D eigenvalue weighted by Gasteiger charge is 2.29. The van der Waals surface area contributed by atoms with Gasteiger partial charge in [0.15, 0.2) is 5.92 Å². The van der Waals surface area contributed by atoms with Crippen LogP contribution in [0.25, 0.3) is 0 Å². The molecule has 0 aromatic heterocycles. The first-order chi connectivity index (χ1) is 13.4. The first-order valence-electron chi connectivity index (χ1n) is 10.3. The zero-order valence-corrected chi connectivity index (χ0v) is 18.4. The van der Waals surface area contributed by atoms with E-state index in [-0.39, 0.29) is 11.8 Å². The minimum atomic E-state index is -0.869. The van der Waals surface area contributed by atoms with Crippen molar-refractivity contribution in [2.45, 2.75) is 72.5 Å². The summed E-state index contributed by atoms with van der Waals surface area (Å²) in [5, 5.41) is 0. The molecule has 0 aliphatic rings. The van der Waals surface area contributed by atoms with Crippen molar-refractivity contribution in [3.63, 3.8) is 0 Å². The summed E-state index contributed by atoms with van der Waals surface area (Å²) in [6.07, 6.45) is 3.79. The van der Waals surface area contributed by atoms with Crippen LogP contribution in [0.3, 0.4) is 0 Å². The molecule has 2 atom stereocenters. The predicted molar refractivity (Wildman–Crippen MR) is 108 cm³/mol. The lowest BCUT2D eigenvalue weighted by Crippen LogP contribution is -2.30. The van der Waals surface area contributed by atoms with Crippen molar-refractivity contribution in [2.75, 3.05) is 27.4 Å². The van der Waals surface area contributed by atoms with Crippen LogP contribution < -0.4 is 0 Å². The number of carbonyl (C=O) groups is 2. The Balaban J connectivity index is 4.62. The van der Waals surface area contributed by atoms with Gasteiger partial charge in [-0.1, -0.05) is 52.9 Å². The molecule has 6 nitrogen and oxygen atoms in total. The fourth-order valence-corrected chi connectivity index (χ4v) is 2.15. The van der Waals surface area contributed by atoms with Crippen molar-refractivity contribution in [3.8, 4) is 11.8 Å². The van der Waals surface area contributed by atoms with Crippen LogP contribution in [0.4, 0.5) is 0 Å². The van der Waals surface area contributed by atoms with E-state index in [0.29, 0.717) is 32.5 Å². The maximum absolute atomic E-state index is 12.4. The van der Waals surface area contributed by atoms with Crippen LogP contribution in [-0.2, 0) is 28.5 Å². The molecular weight excluding hydrogens is 360 g/mol. The highest BCUT2D eigenvalue weighted by molar-refractivity contribution is 5.94. The molecule has 0 heterocycles. The molecule has 0 aliphatic carbocycles. The number of methoxy groups -OCH3 is 2. The number of carbonyl (C=O) groups excluding carboxylic acids is 2. The highest BCUT2D eigenvalue weighted by Crippen LogP contribution is 2.16. The zero-order valence-electron chi connectivity index (χ0n) is 18.4. The third-order valence-electron chi connectivity index (χ3n) is 4.68. The van der Waals surface area contributed by atoms with Gasteiger partial charge in [-0.3, -0.25) is 9.59 Å². The Labute approximate surface area is 170 Å². The SMILES string of the molecule is CCC(C)COC(=O)C(CCCCC#CC(OC)OC)C(=O)OCC(C)CC. The molecule has 0 fully saturated rings. The van der Waals surface area contributed by atoms with Gasteiger partial charge >= 0.3 is 11.9 Å². The Morgan fingerprint density at radius 2 is 1.36 bits per heavy atom. The van der Waals surface area contributed by atoms with Gasteiger partial charge in [0.1, 0.15) is 0 Å². The second-order valence-electron chi connectivity index (χ2n) is 7.21. The Bertz CT molecular complexity index is 463. The molecule has 0 aliphatic heterocycles. The average molecular weight is 399 g/mol. The Hall–Kier alpha value is -1.58. The van der Waals surface area contributed by atoms with Crippen LogP contribution in [0.15, 0.2) is 0 Å². The van der Waals surface area contributed by atoms with Crippen LogP contribution in [0.1, 0.15) is 66.2 Å². The molecule has 0 saturated carbocycles. The molecule has 0 aromatic carbocycles. The van der Waals surface area contributed by atoms with E-state index in [1.165, 1.54) is 14.2 Å². The van der Waals surface area contributed by atoms with E-state index in [9.17, 15) is 9.59 Å². The minimum absolute atomic E-state index is 0.269. The van der Waals surface area contributed by atoms with Crippen molar-refractivity contribution in [2.24, 2.45) is 17.8 Å². The zero-order chi connectivity index (χ0) is 21.4. The molecule has 0 saturated heterocycles. The normalized spacial score (nSPS) is 14.0. The third-order valence-corrected chi connectivity index (χ3v) is 4.68. The molecule has 162 valence electrons. The van der Waals surface area contributed by atoms with Gasteiger partial charge in [-0.2, -0.15) is 0 Å². The van der Waals surface area contributed by atoms with Gasteiger partial charge in [0.2, 0.25) is 6.29 Å². The van der Waals surface area contributed by atoms with Crippen molar-refractivity contribution in [1.29, 1.82) is 0 Å². The largest absolute Gasteiger partial charge is 0.465 e. The van der Waals surface area contributed by atoms with Crippen molar-refractivity contribution in [3.05, 3.63) is 0 Å². The summed E-state index contributed by atoms with van der Waals surface area (Å²) in [6.45, 7) is 8.74. The van der Waals surface area contributed by atoms with Gasteiger partial charge in [0, 0.05) is 20.6 Å². The van der Waals surface area contributed by atoms with E-state index in [1.54, 1.807) is 0 Å². The molecule has 6 heteroatoms. The molecule has 28 heavy (non-hydrogen) atoms. The van der Waals surface area contributed by atoms with Gasteiger partial charge in [-0.05, 0) is 30.6 Å². The van der Waals surface area contributed by atoms with Gasteiger partial charge in [0.25, 0.3) is 0 Å². The van der Waals surface area contributed by atoms with Crippen molar-refractivity contribution < 1.29 is 28.5 Å². The lowest BCUT2D eigenvalue weighted by molar-refractivity contribution is -0.164. The lowest BCUT2D eigenvalue weighted by Gasteiger charge is -2.18. The molecule has 0 amide bonds. The van der Waals surface area contributed by atoms with Gasteiger partial charge in [0.05, 0.1) is 13.2 Å². The van der Waals surface area contributed by atoms with E-state index in [1.807, 2.05) is 27.7 Å². The molecule has 0 bridgehead atoms. The standard InChI is InChI=1S/C22H38O6/c1-7-17(3)15-27-21(23)19(22(24)28-16-18(4)8-2)13-11-9-10-12-14-20(25-5)26-6/h17-20H,7-11,13,15-16H2,1-6H3. The average Bonchev–Trinajstić information content (AvgIpc) is 2.71. The van der Waals surface area contributed by atoms with Gasteiger partial charge in [-0.15, -0.1) is 0 Å². The van der Waals surface area contributed by atoms with Gasteiger partial charge in [-0.25, -0.2) is 0 Å². The maximum Gasteiger partial charge on any atom is 0.320 e. The van der Waals surface area contributed by atoms with Crippen molar-refractivity contribution in [1.82, 2.24) is 0 Å². The fourth-order valence-electron chi connectivity index (χ4n) is 2.15. The molecule has 0 radical (unpaired) electrons. The number of ether oxygens (including phenoxy) is 4. The Morgan fingerprint density at radius 1 is 0.857 bits per heavy atom. The van der Waals surface area contributed by atoms with Gasteiger partial charge < -0.3 is 18.9 Å². The predicted octanol–water partition coefficient (Wildman–Crippen LogP) is 3.96. The number of hydrogen-bond donors (Lipinski definition) is 0. The Kier molecular flexibility index (Phi) is 15.5. The van der Waals surface area contributed by atoms with E-state index in [0.717, 1.165) is 19.3 Å².